The summed E-state index contributed by atoms with van der Waals surface area (Å²) in [6.45, 7) is 2.51. The first-order valence-electron chi connectivity index (χ1n) is 10.8. The molecule has 2 aromatic carbocycles. The molecule has 0 bridgehead atoms. The van der Waals surface area contributed by atoms with Crippen molar-refractivity contribution in [2.24, 2.45) is 0 Å². The molecule has 0 radical (unpaired) electrons. The van der Waals surface area contributed by atoms with Crippen LogP contribution >= 0.6 is 27.7 Å². The number of benzene rings is 2. The smallest absolute Gasteiger partial charge is 0.264 e. The second-order valence-corrected chi connectivity index (χ2v) is 11.1. The summed E-state index contributed by atoms with van der Waals surface area (Å²) in [4.78, 5) is 12.8. The average Bonchev–Trinajstić information content (AvgIpc) is 3.34. The third-order valence-corrected chi connectivity index (χ3v) is 8.12. The van der Waals surface area contributed by atoms with Crippen molar-refractivity contribution in [1.82, 2.24) is 5.32 Å². The molecule has 0 fully saturated rings. The fourth-order valence-electron chi connectivity index (χ4n) is 3.08. The number of amides is 1. The lowest BCUT2D eigenvalue weighted by Gasteiger charge is -2.24. The molecule has 0 aliphatic carbocycles. The van der Waals surface area contributed by atoms with Gasteiger partial charge in [-0.25, -0.2) is 8.42 Å². The van der Waals surface area contributed by atoms with E-state index in [0.29, 0.717) is 24.6 Å². The van der Waals surface area contributed by atoms with E-state index in [-0.39, 0.29) is 17.3 Å². The monoisotopic (exact) mass is 566 g/mol. The summed E-state index contributed by atoms with van der Waals surface area (Å²) in [7, 11) is -3.96. The number of thioether (sulfide) groups is 1. The summed E-state index contributed by atoms with van der Waals surface area (Å²) in [5.74, 6) is 2.80. The summed E-state index contributed by atoms with van der Waals surface area (Å²) >= 11 is 5.04. The molecule has 1 N–H and O–H groups in total. The molecule has 34 heavy (non-hydrogen) atoms. The van der Waals surface area contributed by atoms with Crippen molar-refractivity contribution in [3.63, 3.8) is 0 Å². The number of anilines is 1. The number of ether oxygens (including phenoxy) is 1. The highest BCUT2D eigenvalue weighted by Crippen LogP contribution is 2.26. The van der Waals surface area contributed by atoms with Gasteiger partial charge in [0.25, 0.3) is 10.0 Å². The van der Waals surface area contributed by atoms with Gasteiger partial charge in [0.2, 0.25) is 5.91 Å². The second-order valence-electron chi connectivity index (χ2n) is 7.23. The maximum absolute atomic E-state index is 13.4. The number of rotatable bonds is 13. The van der Waals surface area contributed by atoms with Crippen LogP contribution in [0.15, 0.2) is 80.7 Å². The molecule has 1 amide bonds. The first-order chi connectivity index (χ1) is 16.4. The van der Waals surface area contributed by atoms with Gasteiger partial charge in [0.1, 0.15) is 18.1 Å². The number of carbonyl (C=O) groups is 1. The van der Waals surface area contributed by atoms with Crippen molar-refractivity contribution in [2.75, 3.05) is 29.8 Å². The molecule has 10 heteroatoms. The van der Waals surface area contributed by atoms with E-state index in [1.54, 1.807) is 54.4 Å². The number of carbonyl (C=O) groups excluding carboxylic acids is 1. The van der Waals surface area contributed by atoms with E-state index in [1.807, 2.05) is 19.1 Å². The Labute approximate surface area is 213 Å². The number of nitrogens with zero attached hydrogens (tertiary/aromatic N) is 1. The lowest BCUT2D eigenvalue weighted by atomic mass is 10.3. The van der Waals surface area contributed by atoms with E-state index < -0.39 is 10.0 Å². The van der Waals surface area contributed by atoms with Crippen LogP contribution in [0.4, 0.5) is 5.69 Å². The van der Waals surface area contributed by atoms with Crippen LogP contribution in [0.5, 0.6) is 5.75 Å². The largest absolute Gasteiger partial charge is 0.494 e. The van der Waals surface area contributed by atoms with Gasteiger partial charge in [-0.05, 0) is 79.8 Å². The van der Waals surface area contributed by atoms with Crippen LogP contribution in [0.2, 0.25) is 0 Å². The molecule has 0 unspecified atom stereocenters. The highest BCUT2D eigenvalue weighted by atomic mass is 79.9. The molecular weight excluding hydrogens is 540 g/mol. The maximum atomic E-state index is 13.4. The van der Waals surface area contributed by atoms with Crippen LogP contribution in [0.25, 0.3) is 0 Å². The third kappa shape index (κ3) is 7.54. The highest BCUT2D eigenvalue weighted by Gasteiger charge is 2.27. The molecule has 182 valence electrons. The van der Waals surface area contributed by atoms with E-state index in [0.717, 1.165) is 32.5 Å². The maximum Gasteiger partial charge on any atom is 0.264 e. The number of nitrogens with one attached hydrogen (secondary N) is 1. The molecule has 0 aliphatic rings. The predicted octanol–water partition coefficient (Wildman–Crippen LogP) is 5.08. The van der Waals surface area contributed by atoms with Crippen molar-refractivity contribution in [3.05, 3.63) is 77.2 Å². The summed E-state index contributed by atoms with van der Waals surface area (Å²) < 4.78 is 39.4. The minimum Gasteiger partial charge on any atom is -0.494 e. The molecule has 0 spiro atoms. The normalized spacial score (nSPS) is 11.2. The Morgan fingerprint density at radius 1 is 1.12 bits per heavy atom. The first kappa shape index (κ1) is 26.2. The van der Waals surface area contributed by atoms with E-state index in [2.05, 4.69) is 21.2 Å². The number of furan rings is 1. The van der Waals surface area contributed by atoms with Crippen LogP contribution < -0.4 is 14.4 Å². The fourth-order valence-corrected chi connectivity index (χ4v) is 5.62. The van der Waals surface area contributed by atoms with Crippen molar-refractivity contribution >= 4 is 49.3 Å². The van der Waals surface area contributed by atoms with Gasteiger partial charge in [0, 0.05) is 11.0 Å². The lowest BCUT2D eigenvalue weighted by Crippen LogP contribution is -2.41. The van der Waals surface area contributed by atoms with Gasteiger partial charge in [-0.15, -0.1) is 0 Å². The van der Waals surface area contributed by atoms with Crippen LogP contribution in [0, 0.1) is 0 Å². The van der Waals surface area contributed by atoms with Crippen molar-refractivity contribution < 1.29 is 22.4 Å². The minimum absolute atomic E-state index is 0.103. The van der Waals surface area contributed by atoms with Crippen molar-refractivity contribution in [2.45, 2.75) is 24.0 Å². The highest BCUT2D eigenvalue weighted by molar-refractivity contribution is 9.10. The molecular formula is C24H27BrN2O5S2. The predicted molar refractivity (Wildman–Crippen MR) is 139 cm³/mol. The molecule has 7 nitrogen and oxygen atoms in total. The van der Waals surface area contributed by atoms with E-state index >= 15 is 0 Å². The first-order valence-corrected chi connectivity index (χ1v) is 14.2. The molecule has 0 aliphatic heterocycles. The third-order valence-electron chi connectivity index (χ3n) is 4.74. The van der Waals surface area contributed by atoms with E-state index in [1.165, 1.54) is 12.1 Å². The number of sulfonamides is 1. The topological polar surface area (TPSA) is 88.8 Å². The van der Waals surface area contributed by atoms with Crippen LogP contribution in [0.3, 0.4) is 0 Å². The van der Waals surface area contributed by atoms with Crippen LogP contribution in [0.1, 0.15) is 19.1 Å². The van der Waals surface area contributed by atoms with Crippen molar-refractivity contribution in [1.29, 1.82) is 0 Å². The van der Waals surface area contributed by atoms with E-state index in [9.17, 15) is 13.2 Å². The average molecular weight is 568 g/mol. The number of hydrogen-bond donors (Lipinski definition) is 1. The molecule has 0 atom stereocenters. The lowest BCUT2D eigenvalue weighted by molar-refractivity contribution is -0.119. The van der Waals surface area contributed by atoms with Crippen LogP contribution in [-0.4, -0.2) is 39.8 Å². The van der Waals surface area contributed by atoms with Gasteiger partial charge in [0.05, 0.1) is 29.2 Å². The molecule has 0 saturated carbocycles. The molecule has 3 rings (SSSR count). The van der Waals surface area contributed by atoms with Gasteiger partial charge in [-0.1, -0.05) is 15.9 Å². The van der Waals surface area contributed by atoms with Gasteiger partial charge < -0.3 is 14.5 Å². The molecule has 1 heterocycles. The summed E-state index contributed by atoms with van der Waals surface area (Å²) in [5.41, 5.74) is 0.385. The Morgan fingerprint density at radius 3 is 2.50 bits per heavy atom. The quantitative estimate of drug-likeness (QED) is 0.290. The SMILES string of the molecule is CCOc1ccc(N(CC(=O)NCCCSCc2ccco2)S(=O)(=O)c2ccc(Br)cc2)cc1. The zero-order chi connectivity index (χ0) is 24.4. The van der Waals surface area contributed by atoms with Gasteiger partial charge in [0.15, 0.2) is 0 Å². The fraction of sp³-hybridized carbons (Fsp3) is 0.292. The minimum atomic E-state index is -3.96. The van der Waals surface area contributed by atoms with E-state index in [4.69, 9.17) is 9.15 Å². The number of halogens is 1. The summed E-state index contributed by atoms with van der Waals surface area (Å²) in [5, 5.41) is 2.83. The van der Waals surface area contributed by atoms with Crippen LogP contribution in [-0.2, 0) is 20.6 Å². The Kier molecular flexibility index (Phi) is 9.91. The molecule has 3 aromatic rings. The Morgan fingerprint density at radius 2 is 1.85 bits per heavy atom. The second kappa shape index (κ2) is 12.9. The summed E-state index contributed by atoms with van der Waals surface area (Å²) in [6, 6.07) is 16.8. The van der Waals surface area contributed by atoms with Crippen molar-refractivity contribution in [3.8, 4) is 5.75 Å². The van der Waals surface area contributed by atoms with Gasteiger partial charge in [-0.2, -0.15) is 11.8 Å². The Hall–Kier alpha value is -2.43. The zero-order valence-corrected chi connectivity index (χ0v) is 22.0. The standard InChI is InChI=1S/C24H27BrN2O5S2/c1-2-31-21-10-8-20(9-11-21)27(34(29,30)23-12-6-19(25)7-13-23)17-24(28)26-14-4-16-33-18-22-5-3-15-32-22/h3,5-13,15H,2,4,14,16-18H2,1H3,(H,26,28). The number of hydrogen-bond acceptors (Lipinski definition) is 6. The van der Waals surface area contributed by atoms with Gasteiger partial charge in [-0.3, -0.25) is 9.10 Å². The molecule has 0 saturated heterocycles. The Bertz CT molecular complexity index is 1140. The van der Waals surface area contributed by atoms with Gasteiger partial charge >= 0.3 is 0 Å². The summed E-state index contributed by atoms with van der Waals surface area (Å²) in [6.07, 6.45) is 2.41. The zero-order valence-electron chi connectivity index (χ0n) is 18.8. The Balaban J connectivity index is 1.64. The molecule has 1 aromatic heterocycles.